The monoisotopic (exact) mass is 508 g/mol. The molecule has 1 aliphatic heterocycles. The van der Waals surface area contributed by atoms with Gasteiger partial charge in [0.2, 0.25) is 0 Å². The fourth-order valence-electron chi connectivity index (χ4n) is 3.07. The van der Waals surface area contributed by atoms with Crippen LogP contribution < -0.4 is 0 Å². The Morgan fingerprint density at radius 2 is 0.844 bits per heavy atom. The van der Waals surface area contributed by atoms with Gasteiger partial charge in [-0.2, -0.15) is 0 Å². The zero-order chi connectivity index (χ0) is 24.7. The van der Waals surface area contributed by atoms with Crippen LogP contribution in [0.15, 0.2) is 36.4 Å². The summed E-state index contributed by atoms with van der Waals surface area (Å²) in [5.74, 6) is 3.85. The van der Waals surface area contributed by atoms with Gasteiger partial charge in [0, 0.05) is 22.3 Å². The van der Waals surface area contributed by atoms with Gasteiger partial charge in [-0.15, -0.1) is 0 Å². The van der Waals surface area contributed by atoms with E-state index in [2.05, 4.69) is 37.6 Å². The summed E-state index contributed by atoms with van der Waals surface area (Å²) in [4.78, 5) is 0. The highest BCUT2D eigenvalue weighted by Gasteiger charge is 2.25. The van der Waals surface area contributed by atoms with Crippen LogP contribution in [0.2, 0.25) is 0 Å². The molecular weight excluding hydrogens is 485 g/mol. The van der Waals surface area contributed by atoms with E-state index in [1.54, 1.807) is 0 Å². The van der Waals surface area contributed by atoms with Crippen molar-refractivity contribution in [3.05, 3.63) is 70.0 Å². The number of rotatable bonds is 0. The SMILES string of the molecule is Cc1c2cccc1C[S+](C)Cc1cccc(c1F)C[S+](C)C2.F[B-](F)(F)F.F[B-](F)(F)F. The van der Waals surface area contributed by atoms with Crippen molar-refractivity contribution in [2.45, 2.75) is 29.9 Å². The summed E-state index contributed by atoms with van der Waals surface area (Å²) < 4.78 is 92.7. The summed E-state index contributed by atoms with van der Waals surface area (Å²) in [5, 5.41) is 0. The smallest absolute Gasteiger partial charge is 0.418 e. The van der Waals surface area contributed by atoms with Gasteiger partial charge in [0.25, 0.3) is 0 Å². The van der Waals surface area contributed by atoms with Gasteiger partial charge >= 0.3 is 14.5 Å². The molecule has 0 nitrogen and oxygen atoms in total. The van der Waals surface area contributed by atoms with Gasteiger partial charge in [0.1, 0.15) is 28.8 Å². The van der Waals surface area contributed by atoms with E-state index in [9.17, 15) is 38.9 Å². The van der Waals surface area contributed by atoms with E-state index >= 15 is 0 Å². The topological polar surface area (TPSA) is 0 Å². The molecule has 0 aliphatic carbocycles. The Morgan fingerprint density at radius 1 is 0.594 bits per heavy atom. The second-order valence-corrected chi connectivity index (χ2v) is 11.5. The first-order valence-electron chi connectivity index (χ1n) is 9.31. The van der Waals surface area contributed by atoms with Crippen molar-refractivity contribution >= 4 is 36.3 Å². The van der Waals surface area contributed by atoms with Crippen LogP contribution in [0.3, 0.4) is 0 Å². The number of hydrogen-bond donors (Lipinski definition) is 0. The van der Waals surface area contributed by atoms with Crippen molar-refractivity contribution in [3.63, 3.8) is 0 Å². The van der Waals surface area contributed by atoms with Crippen LogP contribution in [0.25, 0.3) is 0 Å². The predicted molar refractivity (Wildman–Crippen MR) is 119 cm³/mol. The Labute approximate surface area is 187 Å². The van der Waals surface area contributed by atoms with Gasteiger partial charge in [-0.3, -0.25) is 0 Å². The van der Waals surface area contributed by atoms with Gasteiger partial charge in [0.15, 0.2) is 0 Å². The number of halogens is 9. The van der Waals surface area contributed by atoms with E-state index in [0.717, 1.165) is 34.1 Å². The highest BCUT2D eigenvalue weighted by molar-refractivity contribution is 7.95. The molecular formula is C19H23B2F9S2. The van der Waals surface area contributed by atoms with Gasteiger partial charge in [-0.25, -0.2) is 4.39 Å². The second kappa shape index (κ2) is 12.2. The molecule has 0 fully saturated rings. The van der Waals surface area contributed by atoms with Crippen LogP contribution in [0.4, 0.5) is 38.9 Å². The van der Waals surface area contributed by atoms with Crippen LogP contribution in [-0.4, -0.2) is 27.0 Å². The minimum Gasteiger partial charge on any atom is -0.418 e. The van der Waals surface area contributed by atoms with Crippen molar-refractivity contribution in [3.8, 4) is 0 Å². The third-order valence-corrected chi connectivity index (χ3v) is 7.54. The van der Waals surface area contributed by atoms with Crippen LogP contribution in [-0.2, 0) is 44.8 Å². The minimum absolute atomic E-state index is 0.0437. The Morgan fingerprint density at radius 3 is 1.16 bits per heavy atom. The van der Waals surface area contributed by atoms with Crippen LogP contribution in [0.5, 0.6) is 0 Å². The number of fused-ring (bicyclic) bond motifs is 4. The zero-order valence-electron chi connectivity index (χ0n) is 17.7. The summed E-state index contributed by atoms with van der Waals surface area (Å²) in [7, 11) is -11.7. The molecule has 2 atom stereocenters. The molecule has 32 heavy (non-hydrogen) atoms. The first-order chi connectivity index (χ1) is 14.5. The highest BCUT2D eigenvalue weighted by Crippen LogP contribution is 2.26. The van der Waals surface area contributed by atoms with E-state index in [4.69, 9.17) is 0 Å². The fraction of sp³-hybridized carbons (Fsp3) is 0.368. The maximum atomic E-state index is 14.7. The van der Waals surface area contributed by atoms with E-state index in [1.807, 2.05) is 18.2 Å². The van der Waals surface area contributed by atoms with Gasteiger partial charge in [-0.1, -0.05) is 36.4 Å². The molecule has 4 bridgehead atoms. The lowest BCUT2D eigenvalue weighted by atomic mass is 10.1. The second-order valence-electron chi connectivity index (χ2n) is 7.22. The minimum atomic E-state index is -6.00. The van der Waals surface area contributed by atoms with E-state index in [1.165, 1.54) is 16.7 Å². The molecule has 13 heteroatoms. The number of benzene rings is 2. The normalized spacial score (nSPS) is 18.8. The Kier molecular flexibility index (Phi) is 10.9. The van der Waals surface area contributed by atoms with Crippen molar-refractivity contribution in [1.29, 1.82) is 0 Å². The molecule has 0 saturated heterocycles. The molecule has 3 rings (SSSR count). The van der Waals surface area contributed by atoms with E-state index in [-0.39, 0.29) is 27.6 Å². The fourth-order valence-corrected chi connectivity index (χ4v) is 6.47. The van der Waals surface area contributed by atoms with Crippen molar-refractivity contribution < 1.29 is 38.9 Å². The molecule has 2 unspecified atom stereocenters. The molecule has 2 aromatic carbocycles. The maximum absolute atomic E-state index is 14.7. The van der Waals surface area contributed by atoms with Gasteiger partial charge in [0.05, 0.1) is 12.5 Å². The molecule has 180 valence electrons. The Hall–Kier alpha value is -1.36. The average Bonchev–Trinajstić information content (AvgIpc) is 2.58. The summed E-state index contributed by atoms with van der Waals surface area (Å²) in [6.07, 6.45) is 4.52. The largest absolute Gasteiger partial charge is 0.673 e. The van der Waals surface area contributed by atoms with Crippen molar-refractivity contribution in [2.75, 3.05) is 12.5 Å². The van der Waals surface area contributed by atoms with Crippen molar-refractivity contribution in [1.82, 2.24) is 0 Å². The third-order valence-electron chi connectivity index (χ3n) is 4.32. The van der Waals surface area contributed by atoms with Crippen LogP contribution in [0, 0.1) is 12.7 Å². The first-order valence-corrected chi connectivity index (χ1v) is 13.3. The van der Waals surface area contributed by atoms with Crippen molar-refractivity contribution in [2.24, 2.45) is 0 Å². The molecule has 0 saturated carbocycles. The maximum Gasteiger partial charge on any atom is 0.673 e. The quantitative estimate of drug-likeness (QED) is 0.206. The van der Waals surface area contributed by atoms with Crippen LogP contribution in [0.1, 0.15) is 27.8 Å². The molecule has 0 spiro atoms. The average molecular weight is 508 g/mol. The molecule has 0 N–H and O–H groups in total. The zero-order valence-corrected chi connectivity index (χ0v) is 19.3. The molecule has 0 aromatic heterocycles. The highest BCUT2D eigenvalue weighted by atomic mass is 32.2. The van der Waals surface area contributed by atoms with Crippen LogP contribution >= 0.6 is 0 Å². The summed E-state index contributed by atoms with van der Waals surface area (Å²) >= 11 is 0. The lowest BCUT2D eigenvalue weighted by Crippen LogP contribution is -2.15. The standard InChI is InChI=1S/C19H23FS2.2BF4/c1-14-15-6-4-7-16(14)11-22(3)13-18-9-5-8-17(19(18)20)12-21(2)10-15;2*2-1(3,4)5/h4-9H,10-13H2,1-3H3;;/q+2;2*-1. The van der Waals surface area contributed by atoms with E-state index in [0.29, 0.717) is 0 Å². The molecule has 1 aliphatic rings. The summed E-state index contributed by atoms with van der Waals surface area (Å²) in [5.41, 5.74) is 6.13. The van der Waals surface area contributed by atoms with Gasteiger partial charge in [-0.05, 0) is 34.3 Å². The van der Waals surface area contributed by atoms with Gasteiger partial charge < -0.3 is 34.5 Å². The lowest BCUT2D eigenvalue weighted by Gasteiger charge is -2.14. The Balaban J connectivity index is 0.000000431. The molecule has 0 amide bonds. The third kappa shape index (κ3) is 12.0. The molecule has 2 aromatic rings. The lowest BCUT2D eigenvalue weighted by molar-refractivity contribution is 0.366. The Bertz CT molecular complexity index is 741. The summed E-state index contributed by atoms with van der Waals surface area (Å²) in [6, 6.07) is 12.6. The molecule has 0 radical (unpaired) electrons. The first kappa shape index (κ1) is 28.7. The van der Waals surface area contributed by atoms with E-state index < -0.39 is 14.5 Å². The molecule has 1 heterocycles. The predicted octanol–water partition coefficient (Wildman–Crippen LogP) is 6.94. The number of hydrogen-bond acceptors (Lipinski definition) is 0. The summed E-state index contributed by atoms with van der Waals surface area (Å²) in [6.45, 7) is 2.25.